The van der Waals surface area contributed by atoms with Gasteiger partial charge in [0, 0.05) is 24.1 Å². The molecule has 1 aliphatic heterocycles. The van der Waals surface area contributed by atoms with Crippen LogP contribution in [-0.2, 0) is 5.41 Å². The van der Waals surface area contributed by atoms with Gasteiger partial charge in [-0.2, -0.15) is 5.10 Å². The summed E-state index contributed by atoms with van der Waals surface area (Å²) < 4.78 is 3.05. The zero-order valence-electron chi connectivity index (χ0n) is 12.3. The Morgan fingerprint density at radius 1 is 1.40 bits per heavy atom. The van der Waals surface area contributed by atoms with Crippen LogP contribution in [0.15, 0.2) is 16.7 Å². The smallest absolute Gasteiger partial charge is 0.169 e. The third-order valence-corrected chi connectivity index (χ3v) is 4.65. The van der Waals surface area contributed by atoms with Crippen molar-refractivity contribution in [3.63, 3.8) is 0 Å². The van der Waals surface area contributed by atoms with Gasteiger partial charge in [-0.05, 0) is 41.4 Å². The van der Waals surface area contributed by atoms with E-state index in [1.54, 1.807) is 0 Å². The molecule has 1 N–H and O–H groups in total. The summed E-state index contributed by atoms with van der Waals surface area (Å²) in [6.07, 6.45) is 4.34. The Bertz CT molecular complexity index is 621. The SMILES string of the molecule is CC(C)(C)c1nn2c(C3CCCNC3)ccnc2c1Br. The molecule has 0 radical (unpaired) electrons. The Morgan fingerprint density at radius 2 is 2.20 bits per heavy atom. The largest absolute Gasteiger partial charge is 0.316 e. The Morgan fingerprint density at radius 3 is 2.85 bits per heavy atom. The van der Waals surface area contributed by atoms with E-state index in [4.69, 9.17) is 5.10 Å². The highest BCUT2D eigenvalue weighted by Crippen LogP contribution is 2.33. The van der Waals surface area contributed by atoms with Crippen LogP contribution in [0.2, 0.25) is 0 Å². The number of aromatic nitrogens is 3. The first-order valence-electron chi connectivity index (χ1n) is 7.23. The van der Waals surface area contributed by atoms with Gasteiger partial charge in [0.1, 0.15) is 0 Å². The minimum atomic E-state index is 0.00855. The van der Waals surface area contributed by atoms with Crippen LogP contribution in [0, 0.1) is 0 Å². The first-order chi connectivity index (χ1) is 9.48. The van der Waals surface area contributed by atoms with Crippen molar-refractivity contribution in [3.05, 3.63) is 28.1 Å². The van der Waals surface area contributed by atoms with Crippen molar-refractivity contribution in [3.8, 4) is 0 Å². The zero-order chi connectivity index (χ0) is 14.3. The monoisotopic (exact) mass is 336 g/mol. The van der Waals surface area contributed by atoms with Crippen LogP contribution in [0.5, 0.6) is 0 Å². The fourth-order valence-electron chi connectivity index (χ4n) is 2.83. The van der Waals surface area contributed by atoms with Crippen LogP contribution in [-0.4, -0.2) is 27.7 Å². The summed E-state index contributed by atoms with van der Waals surface area (Å²) in [7, 11) is 0. The fraction of sp³-hybridized carbons (Fsp3) is 0.600. The normalized spacial score (nSPS) is 20.5. The van der Waals surface area contributed by atoms with E-state index in [1.165, 1.54) is 18.5 Å². The Hall–Kier alpha value is -0.940. The molecule has 2 aromatic heterocycles. The molecule has 1 saturated heterocycles. The van der Waals surface area contributed by atoms with E-state index in [1.807, 2.05) is 10.7 Å². The quantitative estimate of drug-likeness (QED) is 0.869. The van der Waals surface area contributed by atoms with Gasteiger partial charge in [-0.3, -0.25) is 0 Å². The topological polar surface area (TPSA) is 42.2 Å². The Balaban J connectivity index is 2.14. The average Bonchev–Trinajstić information content (AvgIpc) is 2.77. The minimum absolute atomic E-state index is 0.00855. The number of piperidine rings is 1. The van der Waals surface area contributed by atoms with Crippen molar-refractivity contribution in [1.82, 2.24) is 19.9 Å². The molecule has 5 heteroatoms. The van der Waals surface area contributed by atoms with E-state index in [9.17, 15) is 0 Å². The highest BCUT2D eigenvalue weighted by atomic mass is 79.9. The molecule has 3 heterocycles. The van der Waals surface area contributed by atoms with E-state index < -0.39 is 0 Å². The van der Waals surface area contributed by atoms with Gasteiger partial charge in [-0.1, -0.05) is 20.8 Å². The van der Waals surface area contributed by atoms with Gasteiger partial charge in [-0.15, -0.1) is 0 Å². The minimum Gasteiger partial charge on any atom is -0.316 e. The summed E-state index contributed by atoms with van der Waals surface area (Å²) >= 11 is 3.68. The number of fused-ring (bicyclic) bond motifs is 1. The molecule has 0 bridgehead atoms. The van der Waals surface area contributed by atoms with Crippen molar-refractivity contribution < 1.29 is 0 Å². The van der Waals surface area contributed by atoms with Gasteiger partial charge in [0.25, 0.3) is 0 Å². The number of rotatable bonds is 1. The lowest BCUT2D eigenvalue weighted by Crippen LogP contribution is -2.29. The predicted octanol–water partition coefficient (Wildman–Crippen LogP) is 3.26. The highest BCUT2D eigenvalue weighted by molar-refractivity contribution is 9.10. The number of halogens is 1. The second-order valence-corrected chi connectivity index (χ2v) is 7.35. The maximum absolute atomic E-state index is 4.84. The van der Waals surface area contributed by atoms with Crippen LogP contribution in [0.4, 0.5) is 0 Å². The average molecular weight is 337 g/mol. The molecule has 1 unspecified atom stereocenters. The molecule has 1 aliphatic rings. The molecule has 1 fully saturated rings. The first kappa shape index (κ1) is 14.0. The third-order valence-electron chi connectivity index (χ3n) is 3.92. The summed E-state index contributed by atoms with van der Waals surface area (Å²) in [5.41, 5.74) is 3.27. The standard InChI is InChI=1S/C15H21BrN4/c1-15(2,3)13-12(16)14-18-8-6-11(20(14)19-13)10-5-4-7-17-9-10/h6,8,10,17H,4-5,7,9H2,1-3H3. The number of nitrogens with zero attached hydrogens (tertiary/aromatic N) is 3. The summed E-state index contributed by atoms with van der Waals surface area (Å²) in [5.74, 6) is 0.522. The zero-order valence-corrected chi connectivity index (χ0v) is 13.9. The lowest BCUT2D eigenvalue weighted by molar-refractivity contribution is 0.446. The van der Waals surface area contributed by atoms with Crippen molar-refractivity contribution in [2.45, 2.75) is 44.9 Å². The van der Waals surface area contributed by atoms with E-state index >= 15 is 0 Å². The molecule has 0 saturated carbocycles. The van der Waals surface area contributed by atoms with Gasteiger partial charge in [0.2, 0.25) is 0 Å². The van der Waals surface area contributed by atoms with Crippen molar-refractivity contribution in [2.75, 3.05) is 13.1 Å². The van der Waals surface area contributed by atoms with E-state index in [0.29, 0.717) is 5.92 Å². The van der Waals surface area contributed by atoms with Crippen molar-refractivity contribution >= 4 is 21.6 Å². The molecular formula is C15H21BrN4. The molecule has 1 atom stereocenters. The summed E-state index contributed by atoms with van der Waals surface area (Å²) in [6.45, 7) is 8.70. The first-order valence-corrected chi connectivity index (χ1v) is 8.02. The molecule has 0 aliphatic carbocycles. The third kappa shape index (κ3) is 2.37. The summed E-state index contributed by atoms with van der Waals surface area (Å²) in [6, 6.07) is 2.11. The molecule has 0 amide bonds. The van der Waals surface area contributed by atoms with Gasteiger partial charge in [-0.25, -0.2) is 9.50 Å². The van der Waals surface area contributed by atoms with Crippen LogP contribution < -0.4 is 5.32 Å². The fourth-order valence-corrected chi connectivity index (χ4v) is 3.77. The maximum Gasteiger partial charge on any atom is 0.169 e. The van der Waals surface area contributed by atoms with Gasteiger partial charge >= 0.3 is 0 Å². The molecule has 20 heavy (non-hydrogen) atoms. The highest BCUT2D eigenvalue weighted by Gasteiger charge is 2.26. The van der Waals surface area contributed by atoms with Gasteiger partial charge in [0.15, 0.2) is 5.65 Å². The number of nitrogens with one attached hydrogen (secondary N) is 1. The number of hydrogen-bond acceptors (Lipinski definition) is 3. The van der Waals surface area contributed by atoms with E-state index in [-0.39, 0.29) is 5.41 Å². The maximum atomic E-state index is 4.84. The van der Waals surface area contributed by atoms with E-state index in [2.05, 4.69) is 53.1 Å². The molecular weight excluding hydrogens is 316 g/mol. The second-order valence-electron chi connectivity index (χ2n) is 6.56. The van der Waals surface area contributed by atoms with Crippen LogP contribution >= 0.6 is 15.9 Å². The molecule has 3 rings (SSSR count). The lowest BCUT2D eigenvalue weighted by atomic mass is 9.92. The molecule has 4 nitrogen and oxygen atoms in total. The Kier molecular flexibility index (Phi) is 3.58. The Labute approximate surface area is 128 Å². The van der Waals surface area contributed by atoms with Crippen molar-refractivity contribution in [1.29, 1.82) is 0 Å². The van der Waals surface area contributed by atoms with Crippen LogP contribution in [0.25, 0.3) is 5.65 Å². The molecule has 108 valence electrons. The second kappa shape index (κ2) is 5.11. The summed E-state index contributed by atoms with van der Waals surface area (Å²) in [4.78, 5) is 4.50. The predicted molar refractivity (Wildman–Crippen MR) is 84.2 cm³/mol. The number of hydrogen-bond donors (Lipinski definition) is 1. The van der Waals surface area contributed by atoms with Gasteiger partial charge < -0.3 is 5.32 Å². The van der Waals surface area contributed by atoms with Gasteiger partial charge in [0.05, 0.1) is 15.9 Å². The van der Waals surface area contributed by atoms with Crippen LogP contribution in [0.3, 0.4) is 0 Å². The van der Waals surface area contributed by atoms with E-state index in [0.717, 1.165) is 28.9 Å². The molecule has 0 spiro atoms. The van der Waals surface area contributed by atoms with Crippen LogP contribution in [0.1, 0.15) is 50.9 Å². The molecule has 2 aromatic rings. The lowest BCUT2D eigenvalue weighted by Gasteiger charge is -2.23. The van der Waals surface area contributed by atoms with Crippen molar-refractivity contribution in [2.24, 2.45) is 0 Å². The molecule has 0 aromatic carbocycles. The summed E-state index contributed by atoms with van der Waals surface area (Å²) in [5, 5.41) is 8.31.